The van der Waals surface area contributed by atoms with Crippen LogP contribution in [-0.4, -0.2) is 47.4 Å². The Kier molecular flexibility index (Phi) is 4.65. The first-order chi connectivity index (χ1) is 10.2. The van der Waals surface area contributed by atoms with Gasteiger partial charge in [-0.3, -0.25) is 4.79 Å². The highest BCUT2D eigenvalue weighted by atomic mass is 19.4. The van der Waals surface area contributed by atoms with Gasteiger partial charge in [0.05, 0.1) is 6.54 Å². The van der Waals surface area contributed by atoms with Crippen LogP contribution in [0.5, 0.6) is 5.75 Å². The molecule has 1 atom stereocenters. The number of carbonyl (C=O) groups is 1. The zero-order valence-corrected chi connectivity index (χ0v) is 12.2. The second-order valence-corrected chi connectivity index (χ2v) is 5.55. The van der Waals surface area contributed by atoms with Gasteiger partial charge in [-0.05, 0) is 31.9 Å². The summed E-state index contributed by atoms with van der Waals surface area (Å²) in [6.45, 7) is 0.999. The molecule has 1 heterocycles. The average Bonchev–Trinajstić information content (AvgIpc) is 2.45. The molecule has 1 saturated heterocycles. The van der Waals surface area contributed by atoms with Crippen molar-refractivity contribution in [2.45, 2.75) is 31.5 Å². The maximum Gasteiger partial charge on any atom is 0.418 e. The van der Waals surface area contributed by atoms with Crippen molar-refractivity contribution in [1.82, 2.24) is 4.90 Å². The van der Waals surface area contributed by atoms with Gasteiger partial charge in [0, 0.05) is 6.54 Å². The van der Waals surface area contributed by atoms with E-state index in [9.17, 15) is 23.1 Å². The third kappa shape index (κ3) is 3.71. The summed E-state index contributed by atoms with van der Waals surface area (Å²) < 4.78 is 43.8. The van der Waals surface area contributed by atoms with Gasteiger partial charge in [-0.2, -0.15) is 13.2 Å². The molecule has 1 amide bonds. The molecule has 0 bridgehead atoms. The van der Waals surface area contributed by atoms with Crippen LogP contribution in [0, 0.1) is 6.92 Å². The highest BCUT2D eigenvalue weighted by molar-refractivity contribution is 5.78. The van der Waals surface area contributed by atoms with Crippen LogP contribution in [-0.2, 0) is 4.79 Å². The highest BCUT2D eigenvalue weighted by Crippen LogP contribution is 2.37. The first-order valence-electron chi connectivity index (χ1n) is 6.98. The zero-order valence-electron chi connectivity index (χ0n) is 12.2. The maximum atomic E-state index is 12.8. The van der Waals surface area contributed by atoms with Crippen molar-refractivity contribution in [1.29, 1.82) is 0 Å². The van der Waals surface area contributed by atoms with E-state index in [0.29, 0.717) is 5.75 Å². The molecule has 0 spiro atoms. The number of amides is 1. The summed E-state index contributed by atoms with van der Waals surface area (Å²) in [5.74, 6) is -0.0926. The molecule has 1 aliphatic heterocycles. The Balaban J connectivity index is 1.93. The average molecular weight is 317 g/mol. The van der Waals surface area contributed by atoms with Gasteiger partial charge in [0.15, 0.2) is 12.2 Å². The number of piperidine rings is 1. The molecule has 1 aliphatic rings. The van der Waals surface area contributed by atoms with Gasteiger partial charge in [-0.15, -0.1) is 0 Å². The molecule has 0 saturated carbocycles. The summed E-state index contributed by atoms with van der Waals surface area (Å²) in [6.07, 6.45) is -5.03. The van der Waals surface area contributed by atoms with E-state index in [1.165, 1.54) is 0 Å². The number of rotatable bonds is 3. The Bertz CT molecular complexity index is 530. The van der Waals surface area contributed by atoms with Crippen molar-refractivity contribution in [3.05, 3.63) is 29.8 Å². The fourth-order valence-corrected chi connectivity index (χ4v) is 2.35. The van der Waals surface area contributed by atoms with Crippen molar-refractivity contribution in [2.75, 3.05) is 19.7 Å². The summed E-state index contributed by atoms with van der Waals surface area (Å²) in [7, 11) is 0. The van der Waals surface area contributed by atoms with Crippen LogP contribution < -0.4 is 4.74 Å². The summed E-state index contributed by atoms with van der Waals surface area (Å²) in [6, 6.07) is 6.99. The SMILES string of the molecule is Cc1ccc(OCC(=O)N2CCCC(O)(C(F)(F)F)C2)cc1. The fourth-order valence-electron chi connectivity index (χ4n) is 2.35. The van der Waals surface area contributed by atoms with Crippen LogP contribution in [0.4, 0.5) is 13.2 Å². The number of hydrogen-bond acceptors (Lipinski definition) is 3. The third-order valence-electron chi connectivity index (χ3n) is 3.73. The van der Waals surface area contributed by atoms with Crippen molar-refractivity contribution in [3.63, 3.8) is 0 Å². The number of carbonyl (C=O) groups excluding carboxylic acids is 1. The number of likely N-dealkylation sites (tertiary alicyclic amines) is 1. The van der Waals surface area contributed by atoms with E-state index < -0.39 is 24.2 Å². The van der Waals surface area contributed by atoms with Crippen LogP contribution in [0.3, 0.4) is 0 Å². The van der Waals surface area contributed by atoms with E-state index in [2.05, 4.69) is 0 Å². The smallest absolute Gasteiger partial charge is 0.418 e. The number of nitrogens with zero attached hydrogens (tertiary/aromatic N) is 1. The van der Waals surface area contributed by atoms with Gasteiger partial charge < -0.3 is 14.7 Å². The van der Waals surface area contributed by atoms with Crippen LogP contribution in [0.15, 0.2) is 24.3 Å². The Hall–Kier alpha value is -1.76. The Morgan fingerprint density at radius 1 is 1.36 bits per heavy atom. The summed E-state index contributed by atoms with van der Waals surface area (Å²) >= 11 is 0. The minimum Gasteiger partial charge on any atom is -0.484 e. The lowest BCUT2D eigenvalue weighted by Gasteiger charge is -2.40. The zero-order chi connectivity index (χ0) is 16.4. The Morgan fingerprint density at radius 3 is 2.59 bits per heavy atom. The number of aryl methyl sites for hydroxylation is 1. The summed E-state index contributed by atoms with van der Waals surface area (Å²) in [4.78, 5) is 13.0. The second kappa shape index (κ2) is 6.16. The molecule has 22 heavy (non-hydrogen) atoms. The van der Waals surface area contributed by atoms with Crippen LogP contribution in [0.25, 0.3) is 0 Å². The van der Waals surface area contributed by atoms with Crippen LogP contribution in [0.1, 0.15) is 18.4 Å². The largest absolute Gasteiger partial charge is 0.484 e. The normalized spacial score (nSPS) is 22.5. The molecule has 1 aromatic rings. The molecule has 0 aromatic heterocycles. The number of aliphatic hydroxyl groups is 1. The summed E-state index contributed by atoms with van der Waals surface area (Å²) in [5.41, 5.74) is -1.80. The van der Waals surface area contributed by atoms with Gasteiger partial charge in [0.2, 0.25) is 0 Å². The first-order valence-corrected chi connectivity index (χ1v) is 6.98. The first kappa shape index (κ1) is 16.6. The molecule has 7 heteroatoms. The molecule has 1 unspecified atom stereocenters. The van der Waals surface area contributed by atoms with Gasteiger partial charge >= 0.3 is 6.18 Å². The lowest BCUT2D eigenvalue weighted by atomic mass is 9.92. The standard InChI is InChI=1S/C15H18F3NO3/c1-11-3-5-12(6-4-11)22-9-13(20)19-8-2-7-14(21,10-19)15(16,17)18/h3-6,21H,2,7-10H2,1H3. The van der Waals surface area contributed by atoms with Crippen molar-refractivity contribution in [3.8, 4) is 5.75 Å². The van der Waals surface area contributed by atoms with E-state index in [1.807, 2.05) is 19.1 Å². The van der Waals surface area contributed by atoms with Crippen molar-refractivity contribution >= 4 is 5.91 Å². The van der Waals surface area contributed by atoms with E-state index in [1.54, 1.807) is 12.1 Å². The van der Waals surface area contributed by atoms with Gasteiger partial charge in [-0.25, -0.2) is 0 Å². The highest BCUT2D eigenvalue weighted by Gasteiger charge is 2.55. The topological polar surface area (TPSA) is 49.8 Å². The lowest BCUT2D eigenvalue weighted by molar-refractivity contribution is -0.272. The van der Waals surface area contributed by atoms with Crippen LogP contribution >= 0.6 is 0 Å². The molecule has 1 fully saturated rings. The number of β-amino-alcohol motifs (C(OH)–C–C–N with tert-alkyl or cyclic N) is 1. The number of ether oxygens (including phenoxy) is 1. The van der Waals surface area contributed by atoms with E-state index in [0.717, 1.165) is 10.5 Å². The van der Waals surface area contributed by atoms with Crippen molar-refractivity contribution in [2.24, 2.45) is 0 Å². The molecular weight excluding hydrogens is 299 g/mol. The molecule has 4 nitrogen and oxygen atoms in total. The van der Waals surface area contributed by atoms with Gasteiger partial charge in [-0.1, -0.05) is 17.7 Å². The number of benzene rings is 1. The fraction of sp³-hybridized carbons (Fsp3) is 0.533. The quantitative estimate of drug-likeness (QED) is 0.930. The molecule has 0 radical (unpaired) electrons. The molecular formula is C15H18F3NO3. The minimum atomic E-state index is -4.75. The minimum absolute atomic E-state index is 0.103. The molecule has 2 rings (SSSR count). The monoisotopic (exact) mass is 317 g/mol. The Morgan fingerprint density at radius 2 is 2.00 bits per heavy atom. The summed E-state index contributed by atoms with van der Waals surface area (Å²) in [5, 5.41) is 9.68. The predicted octanol–water partition coefficient (Wildman–Crippen LogP) is 2.29. The van der Waals surface area contributed by atoms with E-state index in [-0.39, 0.29) is 26.0 Å². The second-order valence-electron chi connectivity index (χ2n) is 5.55. The molecule has 1 N–H and O–H groups in total. The maximum absolute atomic E-state index is 12.8. The van der Waals surface area contributed by atoms with E-state index in [4.69, 9.17) is 4.74 Å². The van der Waals surface area contributed by atoms with Gasteiger partial charge in [0.25, 0.3) is 5.91 Å². The van der Waals surface area contributed by atoms with Crippen LogP contribution in [0.2, 0.25) is 0 Å². The lowest BCUT2D eigenvalue weighted by Crippen LogP contribution is -2.58. The predicted molar refractivity (Wildman–Crippen MR) is 73.5 cm³/mol. The Labute approximate surface area is 126 Å². The third-order valence-corrected chi connectivity index (χ3v) is 3.73. The number of hydrogen-bond donors (Lipinski definition) is 1. The molecule has 0 aliphatic carbocycles. The molecule has 122 valence electrons. The van der Waals surface area contributed by atoms with E-state index >= 15 is 0 Å². The number of alkyl halides is 3. The van der Waals surface area contributed by atoms with Gasteiger partial charge in [0.1, 0.15) is 5.75 Å². The number of halogens is 3. The van der Waals surface area contributed by atoms with Crippen molar-refractivity contribution < 1.29 is 27.8 Å². The molecule has 1 aromatic carbocycles.